The highest BCUT2D eigenvalue weighted by Crippen LogP contribution is 2.22. The van der Waals surface area contributed by atoms with E-state index in [0.29, 0.717) is 0 Å². The van der Waals surface area contributed by atoms with Crippen LogP contribution in [0, 0.1) is 11.8 Å². The van der Waals surface area contributed by atoms with Crippen LogP contribution < -0.4 is 0 Å². The first-order valence-corrected chi connectivity index (χ1v) is 6.50. The lowest BCUT2D eigenvalue weighted by atomic mass is 9.88. The highest BCUT2D eigenvalue weighted by Gasteiger charge is 2.21. The smallest absolute Gasteiger partial charge is 0.0512 e. The van der Waals surface area contributed by atoms with E-state index < -0.39 is 0 Å². The van der Waals surface area contributed by atoms with E-state index in [4.69, 9.17) is 5.11 Å². The minimum Gasteiger partial charge on any atom is -0.393 e. The first-order chi connectivity index (χ1) is 7.09. The predicted octanol–water partition coefficient (Wildman–Crippen LogP) is 2.52. The van der Waals surface area contributed by atoms with E-state index in [9.17, 15) is 0 Å². The molecule has 0 radical (unpaired) electrons. The predicted molar refractivity (Wildman–Crippen MR) is 64.9 cm³/mol. The molecule has 0 aromatic carbocycles. The maximum Gasteiger partial charge on any atom is 0.0512 e. The van der Waals surface area contributed by atoms with E-state index in [-0.39, 0.29) is 6.10 Å². The summed E-state index contributed by atoms with van der Waals surface area (Å²) < 4.78 is 0. The average Bonchev–Trinajstić information content (AvgIpc) is 2.18. The van der Waals surface area contributed by atoms with E-state index in [1.54, 1.807) is 0 Å². The molecule has 0 aromatic rings. The molecule has 2 nitrogen and oxygen atoms in total. The molecule has 0 aliphatic carbocycles. The van der Waals surface area contributed by atoms with Crippen LogP contribution in [-0.2, 0) is 0 Å². The Labute approximate surface area is 94.7 Å². The highest BCUT2D eigenvalue weighted by molar-refractivity contribution is 4.74. The van der Waals surface area contributed by atoms with Crippen molar-refractivity contribution < 1.29 is 5.11 Å². The van der Waals surface area contributed by atoms with Gasteiger partial charge in [0, 0.05) is 6.54 Å². The van der Waals surface area contributed by atoms with Gasteiger partial charge in [-0.1, -0.05) is 13.8 Å². The third kappa shape index (κ3) is 4.98. The second-order valence-electron chi connectivity index (χ2n) is 5.39. The van der Waals surface area contributed by atoms with Gasteiger partial charge in [-0.15, -0.1) is 0 Å². The average molecular weight is 213 g/mol. The van der Waals surface area contributed by atoms with Crippen LogP contribution >= 0.6 is 0 Å². The summed E-state index contributed by atoms with van der Waals surface area (Å²) in [6.07, 6.45) is 4.60. The summed E-state index contributed by atoms with van der Waals surface area (Å²) in [5.74, 6) is 1.76. The van der Waals surface area contributed by atoms with Crippen LogP contribution in [0.25, 0.3) is 0 Å². The van der Waals surface area contributed by atoms with Crippen LogP contribution in [0.5, 0.6) is 0 Å². The summed E-state index contributed by atoms with van der Waals surface area (Å²) in [6, 6.07) is 0. The van der Waals surface area contributed by atoms with Crippen molar-refractivity contribution in [2.75, 3.05) is 19.6 Å². The van der Waals surface area contributed by atoms with E-state index in [1.165, 1.54) is 32.5 Å². The van der Waals surface area contributed by atoms with Crippen molar-refractivity contribution in [3.63, 3.8) is 0 Å². The molecule has 90 valence electrons. The lowest BCUT2D eigenvalue weighted by molar-refractivity contribution is 0.132. The Morgan fingerprint density at radius 2 is 2.00 bits per heavy atom. The minimum atomic E-state index is -0.120. The molecular weight excluding hydrogens is 186 g/mol. The molecule has 0 aromatic heterocycles. The maximum atomic E-state index is 9.15. The molecule has 0 spiro atoms. The molecule has 1 aliphatic rings. The Balaban J connectivity index is 2.07. The summed E-state index contributed by atoms with van der Waals surface area (Å²) in [6.45, 7) is 10.4. The topological polar surface area (TPSA) is 23.5 Å². The molecule has 1 rings (SSSR count). The van der Waals surface area contributed by atoms with E-state index in [0.717, 1.165) is 24.7 Å². The van der Waals surface area contributed by atoms with Crippen LogP contribution in [0.2, 0.25) is 0 Å². The monoisotopic (exact) mass is 213 g/mol. The van der Waals surface area contributed by atoms with Gasteiger partial charge in [-0.2, -0.15) is 0 Å². The number of likely N-dealkylation sites (tertiary alicyclic amines) is 1. The second kappa shape index (κ2) is 6.49. The standard InChI is InChI=1S/C13H27NO/c1-11-7-9-14(10-12(11)2)8-5-4-6-13(3)15/h11-13,15H,4-10H2,1-3H3. The number of rotatable bonds is 5. The largest absolute Gasteiger partial charge is 0.393 e. The van der Waals surface area contributed by atoms with Crippen LogP contribution in [-0.4, -0.2) is 35.7 Å². The van der Waals surface area contributed by atoms with Gasteiger partial charge < -0.3 is 10.0 Å². The van der Waals surface area contributed by atoms with Gasteiger partial charge in [-0.05, 0) is 57.5 Å². The quantitative estimate of drug-likeness (QED) is 0.709. The lowest BCUT2D eigenvalue weighted by Crippen LogP contribution is -2.38. The van der Waals surface area contributed by atoms with Crippen LogP contribution in [0.3, 0.4) is 0 Å². The summed E-state index contributed by atoms with van der Waals surface area (Å²) >= 11 is 0. The minimum absolute atomic E-state index is 0.120. The fourth-order valence-corrected chi connectivity index (χ4v) is 2.33. The first kappa shape index (κ1) is 13.0. The van der Waals surface area contributed by atoms with Gasteiger partial charge in [0.05, 0.1) is 6.10 Å². The van der Waals surface area contributed by atoms with Crippen molar-refractivity contribution in [3.05, 3.63) is 0 Å². The molecule has 0 saturated carbocycles. The molecule has 1 saturated heterocycles. The second-order valence-corrected chi connectivity index (χ2v) is 5.39. The van der Waals surface area contributed by atoms with Gasteiger partial charge in [0.1, 0.15) is 0 Å². The zero-order chi connectivity index (χ0) is 11.3. The Hall–Kier alpha value is -0.0800. The van der Waals surface area contributed by atoms with Crippen LogP contribution in [0.4, 0.5) is 0 Å². The number of unbranched alkanes of at least 4 members (excludes halogenated alkanes) is 1. The molecule has 1 N–H and O–H groups in total. The van der Waals surface area contributed by atoms with Gasteiger partial charge in [0.2, 0.25) is 0 Å². The van der Waals surface area contributed by atoms with Gasteiger partial charge in [-0.25, -0.2) is 0 Å². The summed E-state index contributed by atoms with van der Waals surface area (Å²) in [4.78, 5) is 2.59. The summed E-state index contributed by atoms with van der Waals surface area (Å²) in [5.41, 5.74) is 0. The van der Waals surface area contributed by atoms with Gasteiger partial charge in [-0.3, -0.25) is 0 Å². The molecular formula is C13H27NO. The van der Waals surface area contributed by atoms with Crippen molar-refractivity contribution in [2.24, 2.45) is 11.8 Å². The zero-order valence-electron chi connectivity index (χ0n) is 10.6. The molecule has 1 aliphatic heterocycles. The van der Waals surface area contributed by atoms with Crippen LogP contribution in [0.15, 0.2) is 0 Å². The SMILES string of the molecule is CC(O)CCCCN1CCC(C)C(C)C1. The summed E-state index contributed by atoms with van der Waals surface area (Å²) in [5, 5.41) is 9.15. The fourth-order valence-electron chi connectivity index (χ4n) is 2.33. The van der Waals surface area contributed by atoms with Crippen molar-refractivity contribution in [2.45, 2.75) is 52.6 Å². The van der Waals surface area contributed by atoms with Crippen molar-refractivity contribution in [1.29, 1.82) is 0 Å². The molecule has 0 bridgehead atoms. The molecule has 2 heteroatoms. The number of hydrogen-bond acceptors (Lipinski definition) is 2. The Morgan fingerprint density at radius 1 is 1.27 bits per heavy atom. The number of hydrogen-bond donors (Lipinski definition) is 1. The van der Waals surface area contributed by atoms with Gasteiger partial charge in [0.15, 0.2) is 0 Å². The van der Waals surface area contributed by atoms with E-state index in [1.807, 2.05) is 6.92 Å². The van der Waals surface area contributed by atoms with E-state index >= 15 is 0 Å². The number of piperidine rings is 1. The number of aliphatic hydroxyl groups is 1. The van der Waals surface area contributed by atoms with Crippen LogP contribution in [0.1, 0.15) is 46.5 Å². The molecule has 3 unspecified atom stereocenters. The lowest BCUT2D eigenvalue weighted by Gasteiger charge is -2.35. The zero-order valence-corrected chi connectivity index (χ0v) is 10.6. The molecule has 15 heavy (non-hydrogen) atoms. The van der Waals surface area contributed by atoms with Crippen molar-refractivity contribution in [1.82, 2.24) is 4.90 Å². The molecule has 1 heterocycles. The van der Waals surface area contributed by atoms with Gasteiger partial charge >= 0.3 is 0 Å². The van der Waals surface area contributed by atoms with Crippen molar-refractivity contribution in [3.8, 4) is 0 Å². The third-order valence-corrected chi connectivity index (χ3v) is 3.76. The van der Waals surface area contributed by atoms with Gasteiger partial charge in [0.25, 0.3) is 0 Å². The third-order valence-electron chi connectivity index (χ3n) is 3.76. The molecule has 3 atom stereocenters. The van der Waals surface area contributed by atoms with E-state index in [2.05, 4.69) is 18.7 Å². The fraction of sp³-hybridized carbons (Fsp3) is 1.00. The first-order valence-electron chi connectivity index (χ1n) is 6.50. The Kier molecular flexibility index (Phi) is 5.62. The normalized spacial score (nSPS) is 30.4. The summed E-state index contributed by atoms with van der Waals surface area (Å²) in [7, 11) is 0. The Bertz CT molecular complexity index is 170. The molecule has 1 fully saturated rings. The number of nitrogens with zero attached hydrogens (tertiary/aromatic N) is 1. The number of aliphatic hydroxyl groups excluding tert-OH is 1. The van der Waals surface area contributed by atoms with Crippen molar-refractivity contribution >= 4 is 0 Å². The maximum absolute atomic E-state index is 9.15. The Morgan fingerprint density at radius 3 is 2.60 bits per heavy atom. The molecule has 0 amide bonds. The highest BCUT2D eigenvalue weighted by atomic mass is 16.3.